The normalized spacial score (nSPS) is 15.5. The van der Waals surface area contributed by atoms with Crippen LogP contribution < -0.4 is 10.1 Å². The van der Waals surface area contributed by atoms with E-state index in [2.05, 4.69) is 5.32 Å². The van der Waals surface area contributed by atoms with Gasteiger partial charge in [0, 0.05) is 11.5 Å². The Morgan fingerprint density at radius 3 is 2.42 bits per heavy atom. The third-order valence-corrected chi connectivity index (χ3v) is 5.05. The molecule has 1 aliphatic heterocycles. The number of ether oxygens (including phenoxy) is 2. The van der Waals surface area contributed by atoms with Crippen molar-refractivity contribution in [3.8, 4) is 5.75 Å². The Balaban J connectivity index is 1.69. The van der Waals surface area contributed by atoms with E-state index in [9.17, 15) is 4.79 Å². The maximum Gasteiger partial charge on any atom is 0.339 e. The van der Waals surface area contributed by atoms with Gasteiger partial charge in [0.25, 0.3) is 0 Å². The SMILES string of the molecule is CC(C)(OC(=O)c1ccccc1COc1ccccc1)C1CCNCC1. The fourth-order valence-electron chi connectivity index (χ4n) is 3.42. The molecule has 0 bridgehead atoms. The standard InChI is InChI=1S/C22H27NO3/c1-22(2,18-12-14-23-15-13-18)26-21(24)20-11-7-6-8-17(20)16-25-19-9-4-3-5-10-19/h3-11,18,23H,12-16H2,1-2H3. The minimum absolute atomic E-state index is 0.277. The lowest BCUT2D eigenvalue weighted by Crippen LogP contribution is -2.42. The molecule has 2 aromatic rings. The molecule has 0 saturated carbocycles. The molecule has 0 amide bonds. The molecule has 2 aromatic carbocycles. The van der Waals surface area contributed by atoms with Gasteiger partial charge in [0.2, 0.25) is 0 Å². The summed E-state index contributed by atoms with van der Waals surface area (Å²) in [6.45, 7) is 6.33. The zero-order valence-corrected chi connectivity index (χ0v) is 15.5. The van der Waals surface area contributed by atoms with Gasteiger partial charge in [0.1, 0.15) is 18.0 Å². The van der Waals surface area contributed by atoms with Crippen LogP contribution >= 0.6 is 0 Å². The van der Waals surface area contributed by atoms with Crippen LogP contribution in [0.15, 0.2) is 54.6 Å². The number of para-hydroxylation sites is 1. The predicted molar refractivity (Wildman–Crippen MR) is 102 cm³/mol. The highest BCUT2D eigenvalue weighted by atomic mass is 16.6. The van der Waals surface area contributed by atoms with Crippen molar-refractivity contribution in [2.75, 3.05) is 13.1 Å². The summed E-state index contributed by atoms with van der Waals surface area (Å²) in [5, 5.41) is 3.36. The van der Waals surface area contributed by atoms with Crippen molar-refractivity contribution in [2.45, 2.75) is 38.9 Å². The molecule has 1 aliphatic rings. The van der Waals surface area contributed by atoms with Gasteiger partial charge in [-0.15, -0.1) is 0 Å². The smallest absolute Gasteiger partial charge is 0.339 e. The number of nitrogens with one attached hydrogen (secondary N) is 1. The lowest BCUT2D eigenvalue weighted by molar-refractivity contribution is -0.0369. The molecule has 0 atom stereocenters. The van der Waals surface area contributed by atoms with Crippen LogP contribution in [-0.2, 0) is 11.3 Å². The largest absolute Gasteiger partial charge is 0.489 e. The highest BCUT2D eigenvalue weighted by molar-refractivity contribution is 5.91. The number of carbonyl (C=O) groups is 1. The van der Waals surface area contributed by atoms with Crippen LogP contribution in [0.25, 0.3) is 0 Å². The molecular weight excluding hydrogens is 326 g/mol. The summed E-state index contributed by atoms with van der Waals surface area (Å²) in [6.07, 6.45) is 2.05. The van der Waals surface area contributed by atoms with Crippen LogP contribution in [0.5, 0.6) is 5.75 Å². The molecule has 1 heterocycles. The molecule has 0 aliphatic carbocycles. The van der Waals surface area contributed by atoms with Crippen LogP contribution in [0.2, 0.25) is 0 Å². The summed E-state index contributed by atoms with van der Waals surface area (Å²) in [5.74, 6) is 0.881. The van der Waals surface area contributed by atoms with Gasteiger partial charge in [-0.25, -0.2) is 4.79 Å². The van der Waals surface area contributed by atoms with Gasteiger partial charge in [0.15, 0.2) is 0 Å². The number of benzene rings is 2. The third-order valence-electron chi connectivity index (χ3n) is 5.05. The fraction of sp³-hybridized carbons (Fsp3) is 0.409. The van der Waals surface area contributed by atoms with Crippen LogP contribution in [0, 0.1) is 5.92 Å². The van der Waals surface area contributed by atoms with Gasteiger partial charge in [-0.2, -0.15) is 0 Å². The Morgan fingerprint density at radius 1 is 1.04 bits per heavy atom. The van der Waals surface area contributed by atoms with Crippen molar-refractivity contribution >= 4 is 5.97 Å². The second-order valence-electron chi connectivity index (χ2n) is 7.28. The molecule has 3 rings (SSSR count). The summed E-state index contributed by atoms with van der Waals surface area (Å²) in [4.78, 5) is 12.8. The van der Waals surface area contributed by atoms with Gasteiger partial charge >= 0.3 is 5.97 Å². The second kappa shape index (κ2) is 8.37. The summed E-state index contributed by atoms with van der Waals surface area (Å²) in [6, 6.07) is 17.1. The molecule has 1 N–H and O–H groups in total. The van der Waals surface area contributed by atoms with Gasteiger partial charge < -0.3 is 14.8 Å². The molecule has 0 spiro atoms. The van der Waals surface area contributed by atoms with E-state index in [1.807, 2.05) is 68.4 Å². The first-order valence-electron chi connectivity index (χ1n) is 9.26. The molecular formula is C22H27NO3. The van der Waals surface area contributed by atoms with E-state index >= 15 is 0 Å². The van der Waals surface area contributed by atoms with E-state index < -0.39 is 5.60 Å². The maximum atomic E-state index is 12.8. The number of esters is 1. The number of rotatable bonds is 6. The van der Waals surface area contributed by atoms with Crippen molar-refractivity contribution < 1.29 is 14.3 Å². The summed E-state index contributed by atoms with van der Waals surface area (Å²) in [5.41, 5.74) is 0.931. The van der Waals surface area contributed by atoms with Crippen molar-refractivity contribution in [3.63, 3.8) is 0 Å². The minimum Gasteiger partial charge on any atom is -0.489 e. The molecule has 138 valence electrons. The first-order valence-corrected chi connectivity index (χ1v) is 9.26. The van der Waals surface area contributed by atoms with Gasteiger partial charge in [-0.1, -0.05) is 36.4 Å². The lowest BCUT2D eigenvalue weighted by Gasteiger charge is -2.36. The monoisotopic (exact) mass is 353 g/mol. The Hall–Kier alpha value is -2.33. The van der Waals surface area contributed by atoms with Gasteiger partial charge in [-0.05, 0) is 58.0 Å². The maximum absolute atomic E-state index is 12.8. The van der Waals surface area contributed by atoms with E-state index in [1.54, 1.807) is 0 Å². The zero-order chi connectivity index (χ0) is 18.4. The van der Waals surface area contributed by atoms with E-state index in [0.717, 1.165) is 37.2 Å². The van der Waals surface area contributed by atoms with Crippen LogP contribution in [-0.4, -0.2) is 24.7 Å². The predicted octanol–water partition coefficient (Wildman–Crippen LogP) is 4.20. The molecule has 26 heavy (non-hydrogen) atoms. The fourth-order valence-corrected chi connectivity index (χ4v) is 3.42. The Morgan fingerprint density at radius 2 is 1.69 bits per heavy atom. The van der Waals surface area contributed by atoms with E-state index in [1.165, 1.54) is 0 Å². The molecule has 1 saturated heterocycles. The third kappa shape index (κ3) is 4.64. The van der Waals surface area contributed by atoms with Crippen LogP contribution in [0.3, 0.4) is 0 Å². The molecule has 1 fully saturated rings. The molecule has 4 heteroatoms. The number of hydrogen-bond acceptors (Lipinski definition) is 4. The van der Waals surface area contributed by atoms with Crippen molar-refractivity contribution in [1.82, 2.24) is 5.32 Å². The van der Waals surface area contributed by atoms with Gasteiger partial charge in [0.05, 0.1) is 5.56 Å². The minimum atomic E-state index is -0.480. The molecule has 4 nitrogen and oxygen atoms in total. The Bertz CT molecular complexity index is 721. The molecule has 0 aromatic heterocycles. The van der Waals surface area contributed by atoms with Crippen LogP contribution in [0.1, 0.15) is 42.6 Å². The highest BCUT2D eigenvalue weighted by Gasteiger charge is 2.34. The number of hydrogen-bond donors (Lipinski definition) is 1. The highest BCUT2D eigenvalue weighted by Crippen LogP contribution is 2.30. The summed E-state index contributed by atoms with van der Waals surface area (Å²) < 4.78 is 11.7. The van der Waals surface area contributed by atoms with E-state index in [0.29, 0.717) is 18.1 Å². The molecule has 0 radical (unpaired) electrons. The first kappa shape index (κ1) is 18.5. The van der Waals surface area contributed by atoms with Gasteiger partial charge in [-0.3, -0.25) is 0 Å². The summed E-state index contributed by atoms with van der Waals surface area (Å²) >= 11 is 0. The summed E-state index contributed by atoms with van der Waals surface area (Å²) in [7, 11) is 0. The first-order chi connectivity index (χ1) is 12.6. The van der Waals surface area contributed by atoms with Crippen LogP contribution in [0.4, 0.5) is 0 Å². The Kier molecular flexibility index (Phi) is 5.94. The number of piperidine rings is 1. The zero-order valence-electron chi connectivity index (χ0n) is 15.5. The van der Waals surface area contributed by atoms with Crippen molar-refractivity contribution in [1.29, 1.82) is 0 Å². The van der Waals surface area contributed by atoms with Crippen molar-refractivity contribution in [2.24, 2.45) is 5.92 Å². The Labute approximate surface area is 155 Å². The average molecular weight is 353 g/mol. The average Bonchev–Trinajstić information content (AvgIpc) is 2.68. The topological polar surface area (TPSA) is 47.6 Å². The molecule has 0 unspecified atom stereocenters. The lowest BCUT2D eigenvalue weighted by atomic mass is 9.83. The number of carbonyl (C=O) groups excluding carboxylic acids is 1. The van der Waals surface area contributed by atoms with Crippen molar-refractivity contribution in [3.05, 3.63) is 65.7 Å². The quantitative estimate of drug-likeness (QED) is 0.791. The van der Waals surface area contributed by atoms with E-state index in [4.69, 9.17) is 9.47 Å². The van der Waals surface area contributed by atoms with E-state index in [-0.39, 0.29) is 5.97 Å². The second-order valence-corrected chi connectivity index (χ2v) is 7.28.